The van der Waals surface area contributed by atoms with Gasteiger partial charge in [-0.1, -0.05) is 11.6 Å². The summed E-state index contributed by atoms with van der Waals surface area (Å²) in [5.41, 5.74) is 0. The van der Waals surface area contributed by atoms with Crippen LogP contribution < -0.4 is 4.74 Å². The molecule has 1 saturated heterocycles. The van der Waals surface area contributed by atoms with Gasteiger partial charge < -0.3 is 28.4 Å². The molecule has 170 valence electrons. The first kappa shape index (κ1) is 24.4. The Labute approximate surface area is 183 Å². The van der Waals surface area contributed by atoms with Crippen molar-refractivity contribution in [2.75, 3.05) is 6.61 Å². The predicted octanol–water partition coefficient (Wildman–Crippen LogP) is 1.80. The molecular weight excluding hydrogens is 436 g/mol. The minimum Gasteiger partial charge on any atom is -0.463 e. The molecule has 1 aliphatic rings. The largest absolute Gasteiger partial charge is 0.463 e. The number of halogens is 1. The lowest BCUT2D eigenvalue weighted by Gasteiger charge is -2.43. The molecule has 2 unspecified atom stereocenters. The zero-order valence-corrected chi connectivity index (χ0v) is 18.1. The third-order valence-electron chi connectivity index (χ3n) is 4.01. The van der Waals surface area contributed by atoms with Gasteiger partial charge in [0, 0.05) is 32.7 Å². The second-order valence-corrected chi connectivity index (χ2v) is 7.08. The highest BCUT2D eigenvalue weighted by Gasteiger charge is 2.53. The Balaban J connectivity index is 2.43. The summed E-state index contributed by atoms with van der Waals surface area (Å²) in [6, 6.07) is 6.25. The minimum atomic E-state index is -1.30. The lowest BCUT2D eigenvalue weighted by molar-refractivity contribution is -0.288. The molecule has 1 aromatic rings. The molecule has 0 N–H and O–H groups in total. The zero-order valence-electron chi connectivity index (χ0n) is 17.4. The lowest BCUT2D eigenvalue weighted by atomic mass is 9.98. The van der Waals surface area contributed by atoms with Crippen molar-refractivity contribution in [2.45, 2.75) is 58.4 Å². The lowest BCUT2D eigenvalue weighted by Crippen LogP contribution is -2.63. The van der Waals surface area contributed by atoms with Crippen molar-refractivity contribution >= 4 is 35.5 Å². The van der Waals surface area contributed by atoms with Crippen LogP contribution in [0.1, 0.15) is 27.7 Å². The van der Waals surface area contributed by atoms with Gasteiger partial charge in [-0.05, 0) is 24.3 Å². The maximum absolute atomic E-state index is 11.8. The maximum Gasteiger partial charge on any atom is 0.303 e. The topological polar surface area (TPSA) is 124 Å². The highest BCUT2D eigenvalue weighted by Crippen LogP contribution is 2.31. The molecule has 1 heterocycles. The highest BCUT2D eigenvalue weighted by molar-refractivity contribution is 6.30. The van der Waals surface area contributed by atoms with E-state index in [1.54, 1.807) is 24.3 Å². The van der Waals surface area contributed by atoms with E-state index in [1.165, 1.54) is 6.92 Å². The average molecular weight is 459 g/mol. The quantitative estimate of drug-likeness (QED) is 0.441. The Bertz CT molecular complexity index is 809. The van der Waals surface area contributed by atoms with E-state index in [9.17, 15) is 19.2 Å². The number of benzene rings is 1. The number of hydrogen-bond acceptors (Lipinski definition) is 10. The molecule has 2 rings (SSSR count). The molecule has 5 atom stereocenters. The van der Waals surface area contributed by atoms with E-state index < -0.39 is 54.6 Å². The summed E-state index contributed by atoms with van der Waals surface area (Å²) in [4.78, 5) is 46.5. The Hall–Kier alpha value is -2.85. The van der Waals surface area contributed by atoms with E-state index in [2.05, 4.69) is 0 Å². The molecule has 0 radical (unpaired) electrons. The Kier molecular flexibility index (Phi) is 8.64. The number of hydrogen-bond donors (Lipinski definition) is 0. The van der Waals surface area contributed by atoms with Crippen molar-refractivity contribution in [1.82, 2.24) is 0 Å². The van der Waals surface area contributed by atoms with Crippen molar-refractivity contribution < 1.29 is 47.6 Å². The first-order chi connectivity index (χ1) is 14.6. The van der Waals surface area contributed by atoms with Crippen molar-refractivity contribution in [1.29, 1.82) is 0 Å². The van der Waals surface area contributed by atoms with Crippen LogP contribution in [0.4, 0.5) is 0 Å². The molecule has 1 fully saturated rings. The second-order valence-electron chi connectivity index (χ2n) is 6.64. The van der Waals surface area contributed by atoms with Crippen LogP contribution in [0.3, 0.4) is 0 Å². The fourth-order valence-electron chi connectivity index (χ4n) is 2.93. The molecule has 0 amide bonds. The minimum absolute atomic E-state index is 0.310. The molecular formula is C20H23ClO10. The third-order valence-corrected chi connectivity index (χ3v) is 4.27. The molecule has 0 aromatic heterocycles. The number of esters is 4. The number of carbonyl (C=O) groups excluding carboxylic acids is 4. The SMILES string of the molecule is CC(=O)OCC1O[C@@H](Oc2ccc(Cl)cc2)C(OC(C)=O)[C@@H](OC(C)=O)[C@@H]1OC(C)=O. The zero-order chi connectivity index (χ0) is 23.1. The summed E-state index contributed by atoms with van der Waals surface area (Å²) >= 11 is 5.88. The summed E-state index contributed by atoms with van der Waals surface area (Å²) in [5, 5.41) is 0.467. The van der Waals surface area contributed by atoms with Crippen LogP contribution in [0.15, 0.2) is 24.3 Å². The van der Waals surface area contributed by atoms with Gasteiger partial charge in [-0.3, -0.25) is 19.2 Å². The van der Waals surface area contributed by atoms with Gasteiger partial charge in [0.25, 0.3) is 0 Å². The molecule has 0 spiro atoms. The molecule has 11 heteroatoms. The maximum atomic E-state index is 11.8. The van der Waals surface area contributed by atoms with Crippen LogP contribution in [0, 0.1) is 0 Å². The number of carbonyl (C=O) groups is 4. The van der Waals surface area contributed by atoms with Crippen molar-refractivity contribution in [3.63, 3.8) is 0 Å². The number of ether oxygens (including phenoxy) is 6. The molecule has 1 aliphatic heterocycles. The third kappa shape index (κ3) is 7.41. The molecule has 31 heavy (non-hydrogen) atoms. The second kappa shape index (κ2) is 11.0. The first-order valence-corrected chi connectivity index (χ1v) is 9.67. The molecule has 0 bridgehead atoms. The van der Waals surface area contributed by atoms with Crippen LogP contribution >= 0.6 is 11.6 Å². The van der Waals surface area contributed by atoms with Crippen molar-refractivity contribution in [3.8, 4) is 5.75 Å². The van der Waals surface area contributed by atoms with E-state index in [-0.39, 0.29) is 6.61 Å². The van der Waals surface area contributed by atoms with Crippen molar-refractivity contribution in [2.24, 2.45) is 0 Å². The Morgan fingerprint density at radius 2 is 1.32 bits per heavy atom. The van der Waals surface area contributed by atoms with Gasteiger partial charge in [0.1, 0.15) is 18.5 Å². The average Bonchev–Trinajstić information content (AvgIpc) is 2.65. The van der Waals surface area contributed by atoms with Gasteiger partial charge in [-0.2, -0.15) is 0 Å². The standard InChI is InChI=1S/C20H23ClO10/c1-10(22)26-9-16-17(27-11(2)23)18(28-12(3)24)19(29-13(4)25)20(31-16)30-15-7-5-14(21)6-8-15/h5-8,16-20H,9H2,1-4H3/t16?,17-,18+,19?,20-/m1/s1. The van der Waals surface area contributed by atoms with Crippen LogP contribution in [-0.4, -0.2) is 61.2 Å². The van der Waals surface area contributed by atoms with Gasteiger partial charge in [-0.15, -0.1) is 0 Å². The van der Waals surface area contributed by atoms with E-state index >= 15 is 0 Å². The number of rotatable bonds is 7. The normalized spacial score (nSPS) is 25.1. The summed E-state index contributed by atoms with van der Waals surface area (Å²) < 4.78 is 32.5. The van der Waals surface area contributed by atoms with E-state index in [4.69, 9.17) is 40.0 Å². The summed E-state index contributed by atoms with van der Waals surface area (Å²) in [7, 11) is 0. The molecule has 0 saturated carbocycles. The van der Waals surface area contributed by atoms with Gasteiger partial charge in [0.2, 0.25) is 12.4 Å². The van der Waals surface area contributed by atoms with E-state index in [1.807, 2.05) is 0 Å². The van der Waals surface area contributed by atoms with E-state index in [0.29, 0.717) is 10.8 Å². The van der Waals surface area contributed by atoms with Crippen LogP contribution in [0.5, 0.6) is 5.75 Å². The Morgan fingerprint density at radius 1 is 0.806 bits per heavy atom. The highest BCUT2D eigenvalue weighted by atomic mass is 35.5. The van der Waals surface area contributed by atoms with Crippen LogP contribution in [-0.2, 0) is 42.9 Å². The summed E-state index contributed by atoms with van der Waals surface area (Å²) in [6.07, 6.45) is -6.20. The fourth-order valence-corrected chi connectivity index (χ4v) is 3.06. The van der Waals surface area contributed by atoms with Gasteiger partial charge in [-0.25, -0.2) is 0 Å². The molecule has 0 aliphatic carbocycles. The molecule has 1 aromatic carbocycles. The van der Waals surface area contributed by atoms with Gasteiger partial charge >= 0.3 is 23.9 Å². The first-order valence-electron chi connectivity index (χ1n) is 9.29. The summed E-state index contributed by atoms with van der Waals surface area (Å²) in [5.74, 6) is -2.44. The monoisotopic (exact) mass is 458 g/mol. The van der Waals surface area contributed by atoms with E-state index in [0.717, 1.165) is 20.8 Å². The fraction of sp³-hybridized carbons (Fsp3) is 0.500. The smallest absolute Gasteiger partial charge is 0.303 e. The van der Waals surface area contributed by atoms with Gasteiger partial charge in [0.05, 0.1) is 0 Å². The van der Waals surface area contributed by atoms with Gasteiger partial charge in [0.15, 0.2) is 12.2 Å². The van der Waals surface area contributed by atoms with Crippen LogP contribution in [0.25, 0.3) is 0 Å². The van der Waals surface area contributed by atoms with Crippen LogP contribution in [0.2, 0.25) is 5.02 Å². The Morgan fingerprint density at radius 3 is 1.84 bits per heavy atom. The predicted molar refractivity (Wildman–Crippen MR) is 104 cm³/mol. The summed E-state index contributed by atoms with van der Waals surface area (Å²) in [6.45, 7) is 4.29. The molecule has 10 nitrogen and oxygen atoms in total. The van der Waals surface area contributed by atoms with Crippen molar-refractivity contribution in [3.05, 3.63) is 29.3 Å².